The molecule has 122 valence electrons. The number of amides is 1. The van der Waals surface area contributed by atoms with Gasteiger partial charge in [0.1, 0.15) is 0 Å². The monoisotopic (exact) mass is 342 g/mol. The lowest BCUT2D eigenvalue weighted by Gasteiger charge is -2.37. The van der Waals surface area contributed by atoms with Crippen LogP contribution in [0.15, 0.2) is 30.3 Å². The summed E-state index contributed by atoms with van der Waals surface area (Å²) in [4.78, 5) is 14.7. The summed E-state index contributed by atoms with van der Waals surface area (Å²) in [7, 11) is 0. The van der Waals surface area contributed by atoms with Gasteiger partial charge in [-0.3, -0.25) is 4.79 Å². The number of nitrogens with one attached hydrogen (secondary N) is 1. The fraction of sp³-hybridized carbons (Fsp3) is 0.562. The molecule has 2 aliphatic rings. The Morgan fingerprint density at radius 2 is 2.18 bits per heavy atom. The van der Waals surface area contributed by atoms with E-state index < -0.39 is 0 Å². The van der Waals surface area contributed by atoms with Crippen molar-refractivity contribution < 1.29 is 9.53 Å². The van der Waals surface area contributed by atoms with Crippen LogP contribution < -0.4 is 5.32 Å². The quantitative estimate of drug-likeness (QED) is 0.913. The van der Waals surface area contributed by atoms with Gasteiger partial charge in [0.05, 0.1) is 19.3 Å². The van der Waals surface area contributed by atoms with E-state index in [0.717, 1.165) is 31.2 Å². The van der Waals surface area contributed by atoms with Crippen molar-refractivity contribution in [3.63, 3.8) is 0 Å². The first kappa shape index (κ1) is 17.6. The molecular formula is C16H23ClN2O2S. The SMILES string of the molecule is Cl.O=C(CC1COCCN1)N1CCSCC1c1ccccc1. The van der Waals surface area contributed by atoms with Crippen LogP contribution in [0.1, 0.15) is 18.0 Å². The summed E-state index contributed by atoms with van der Waals surface area (Å²) in [5.41, 5.74) is 1.24. The van der Waals surface area contributed by atoms with Crippen LogP contribution >= 0.6 is 24.2 Å². The summed E-state index contributed by atoms with van der Waals surface area (Å²) < 4.78 is 5.44. The van der Waals surface area contributed by atoms with E-state index in [1.807, 2.05) is 30.0 Å². The molecule has 1 amide bonds. The molecule has 0 bridgehead atoms. The van der Waals surface area contributed by atoms with Crippen LogP contribution in [0.3, 0.4) is 0 Å². The summed E-state index contributed by atoms with van der Waals surface area (Å²) in [5.74, 6) is 2.26. The van der Waals surface area contributed by atoms with E-state index >= 15 is 0 Å². The summed E-state index contributed by atoms with van der Waals surface area (Å²) in [5, 5.41) is 3.37. The van der Waals surface area contributed by atoms with Gasteiger partial charge in [-0.2, -0.15) is 11.8 Å². The molecule has 1 N–H and O–H groups in total. The topological polar surface area (TPSA) is 41.6 Å². The van der Waals surface area contributed by atoms with Crippen molar-refractivity contribution >= 4 is 30.1 Å². The molecule has 2 aliphatic heterocycles. The predicted octanol–water partition coefficient (Wildman–Crippen LogP) is 2.10. The zero-order valence-corrected chi connectivity index (χ0v) is 14.2. The number of benzene rings is 1. The normalized spacial score (nSPS) is 25.4. The number of carbonyl (C=O) groups excluding carboxylic acids is 1. The Bertz CT molecular complexity index is 468. The van der Waals surface area contributed by atoms with Crippen LogP contribution in [-0.4, -0.2) is 54.7 Å². The minimum Gasteiger partial charge on any atom is -0.378 e. The number of ether oxygens (including phenoxy) is 1. The standard InChI is InChI=1S/C16H22N2O2S.ClH/c19-16(10-14-11-20-8-6-17-14)18-7-9-21-12-15(18)13-4-2-1-3-5-13;/h1-5,14-15,17H,6-12H2;1H. The third kappa shape index (κ3) is 4.38. The molecule has 0 aliphatic carbocycles. The highest BCUT2D eigenvalue weighted by Gasteiger charge is 2.29. The van der Waals surface area contributed by atoms with Gasteiger partial charge in [-0.25, -0.2) is 0 Å². The third-order valence-electron chi connectivity index (χ3n) is 4.05. The first-order chi connectivity index (χ1) is 10.3. The number of carbonyl (C=O) groups is 1. The zero-order chi connectivity index (χ0) is 14.5. The van der Waals surface area contributed by atoms with Gasteiger partial charge in [0.2, 0.25) is 5.91 Å². The minimum atomic E-state index is 0. The van der Waals surface area contributed by atoms with Crippen molar-refractivity contribution in [2.75, 3.05) is 37.8 Å². The number of nitrogens with zero attached hydrogens (tertiary/aromatic N) is 1. The molecule has 1 aromatic rings. The maximum absolute atomic E-state index is 12.7. The fourth-order valence-corrected chi connectivity index (χ4v) is 4.02. The van der Waals surface area contributed by atoms with Crippen LogP contribution in [0.4, 0.5) is 0 Å². The van der Waals surface area contributed by atoms with Crippen LogP contribution in [0.5, 0.6) is 0 Å². The molecule has 2 saturated heterocycles. The predicted molar refractivity (Wildman–Crippen MR) is 92.7 cm³/mol. The molecule has 4 nitrogen and oxygen atoms in total. The van der Waals surface area contributed by atoms with Gasteiger partial charge < -0.3 is 15.0 Å². The van der Waals surface area contributed by atoms with Crippen molar-refractivity contribution in [3.8, 4) is 0 Å². The van der Waals surface area contributed by atoms with Crippen LogP contribution in [0, 0.1) is 0 Å². The highest BCUT2D eigenvalue weighted by atomic mass is 35.5. The molecule has 1 aromatic carbocycles. The number of thioether (sulfide) groups is 1. The first-order valence-electron chi connectivity index (χ1n) is 7.58. The first-order valence-corrected chi connectivity index (χ1v) is 8.73. The minimum absolute atomic E-state index is 0. The molecule has 22 heavy (non-hydrogen) atoms. The Morgan fingerprint density at radius 1 is 1.36 bits per heavy atom. The lowest BCUT2D eigenvalue weighted by Crippen LogP contribution is -2.47. The molecule has 0 spiro atoms. The molecule has 2 heterocycles. The highest BCUT2D eigenvalue weighted by molar-refractivity contribution is 7.99. The lowest BCUT2D eigenvalue weighted by atomic mass is 10.1. The average Bonchev–Trinajstić information content (AvgIpc) is 2.56. The lowest BCUT2D eigenvalue weighted by molar-refractivity contribution is -0.134. The summed E-state index contributed by atoms with van der Waals surface area (Å²) in [6.45, 7) is 3.08. The molecule has 2 unspecified atom stereocenters. The molecular weight excluding hydrogens is 320 g/mol. The molecule has 3 rings (SSSR count). The van der Waals surface area contributed by atoms with Gasteiger partial charge >= 0.3 is 0 Å². The van der Waals surface area contributed by atoms with Gasteiger partial charge in [0, 0.05) is 37.1 Å². The van der Waals surface area contributed by atoms with Gasteiger partial charge in [0.15, 0.2) is 0 Å². The summed E-state index contributed by atoms with van der Waals surface area (Å²) in [6.07, 6.45) is 0.536. The van der Waals surface area contributed by atoms with E-state index in [4.69, 9.17) is 4.74 Å². The maximum Gasteiger partial charge on any atom is 0.224 e. The Kier molecular flexibility index (Phi) is 7.02. The number of hydrogen-bond donors (Lipinski definition) is 1. The third-order valence-corrected chi connectivity index (χ3v) is 5.08. The second-order valence-corrected chi connectivity index (χ2v) is 6.67. The van der Waals surface area contributed by atoms with Crippen LogP contribution in [0.2, 0.25) is 0 Å². The Morgan fingerprint density at radius 3 is 2.91 bits per heavy atom. The second kappa shape index (κ2) is 8.77. The van der Waals surface area contributed by atoms with Gasteiger partial charge in [0.25, 0.3) is 0 Å². The number of halogens is 1. The van der Waals surface area contributed by atoms with E-state index in [0.29, 0.717) is 13.0 Å². The molecule has 0 aromatic heterocycles. The molecule has 6 heteroatoms. The number of morpholine rings is 1. The Labute approximate surface area is 142 Å². The molecule has 0 saturated carbocycles. The Hall–Kier alpha value is -0.750. The second-order valence-electron chi connectivity index (χ2n) is 5.52. The van der Waals surface area contributed by atoms with Gasteiger partial charge in [-0.15, -0.1) is 12.4 Å². The van der Waals surface area contributed by atoms with E-state index in [2.05, 4.69) is 22.3 Å². The molecule has 2 fully saturated rings. The summed E-state index contributed by atoms with van der Waals surface area (Å²) in [6, 6.07) is 10.7. The van der Waals surface area contributed by atoms with Crippen molar-refractivity contribution in [3.05, 3.63) is 35.9 Å². The maximum atomic E-state index is 12.7. The van der Waals surface area contributed by atoms with Crippen molar-refractivity contribution in [2.24, 2.45) is 0 Å². The van der Waals surface area contributed by atoms with Crippen molar-refractivity contribution in [1.29, 1.82) is 0 Å². The Balaban J connectivity index is 0.00000176. The van der Waals surface area contributed by atoms with Gasteiger partial charge in [-0.05, 0) is 5.56 Å². The largest absolute Gasteiger partial charge is 0.378 e. The number of rotatable bonds is 3. The highest BCUT2D eigenvalue weighted by Crippen LogP contribution is 2.30. The van der Waals surface area contributed by atoms with Crippen molar-refractivity contribution in [1.82, 2.24) is 10.2 Å². The fourth-order valence-electron chi connectivity index (χ4n) is 2.93. The molecule has 0 radical (unpaired) electrons. The van der Waals surface area contributed by atoms with Crippen LogP contribution in [-0.2, 0) is 9.53 Å². The van der Waals surface area contributed by atoms with E-state index in [1.54, 1.807) is 0 Å². The molecule has 2 atom stereocenters. The van der Waals surface area contributed by atoms with Crippen molar-refractivity contribution in [2.45, 2.75) is 18.5 Å². The van der Waals surface area contributed by atoms with E-state index in [9.17, 15) is 4.79 Å². The van der Waals surface area contributed by atoms with E-state index in [-0.39, 0.29) is 30.4 Å². The van der Waals surface area contributed by atoms with E-state index in [1.165, 1.54) is 5.56 Å². The smallest absolute Gasteiger partial charge is 0.224 e. The van der Waals surface area contributed by atoms with Gasteiger partial charge in [-0.1, -0.05) is 30.3 Å². The summed E-state index contributed by atoms with van der Waals surface area (Å²) >= 11 is 1.93. The number of hydrogen-bond acceptors (Lipinski definition) is 4. The average molecular weight is 343 g/mol. The van der Waals surface area contributed by atoms with Crippen LogP contribution in [0.25, 0.3) is 0 Å². The zero-order valence-electron chi connectivity index (χ0n) is 12.6.